The Morgan fingerprint density at radius 3 is 2.00 bits per heavy atom. The molecule has 0 aromatic rings. The molecule has 0 spiro atoms. The van der Waals surface area contributed by atoms with Gasteiger partial charge in [0.15, 0.2) is 0 Å². The molecule has 0 aromatic heterocycles. The van der Waals surface area contributed by atoms with Crippen molar-refractivity contribution in [2.75, 3.05) is 33.2 Å². The minimum Gasteiger partial charge on any atom is -0.383 e. The number of nitrogens with zero attached hydrogens (tertiary/aromatic N) is 1. The van der Waals surface area contributed by atoms with E-state index in [2.05, 4.69) is 0 Å². The minimum atomic E-state index is -3.12. The van der Waals surface area contributed by atoms with Crippen LogP contribution in [0.5, 0.6) is 0 Å². The molecule has 0 aliphatic carbocycles. The first-order chi connectivity index (χ1) is 7.58. The van der Waals surface area contributed by atoms with Gasteiger partial charge in [-0.2, -0.15) is 4.31 Å². The first-order valence-corrected chi connectivity index (χ1v) is 7.18. The lowest BCUT2D eigenvalue weighted by atomic mass is 10.3. The average Bonchev–Trinajstić information content (AvgIpc) is 2.91. The number of unbranched alkanes of at least 4 members (excludes halogenated alkanes) is 1. The van der Waals surface area contributed by atoms with Crippen molar-refractivity contribution in [3.05, 3.63) is 0 Å². The number of sulfonamides is 1. The van der Waals surface area contributed by atoms with Gasteiger partial charge in [0.25, 0.3) is 0 Å². The summed E-state index contributed by atoms with van der Waals surface area (Å²) < 4.78 is 35.4. The lowest BCUT2D eigenvalue weighted by Crippen LogP contribution is -2.21. The van der Waals surface area contributed by atoms with Crippen molar-refractivity contribution in [1.82, 2.24) is 4.31 Å². The van der Waals surface area contributed by atoms with Crippen molar-refractivity contribution in [2.24, 2.45) is 0 Å². The highest BCUT2D eigenvalue weighted by molar-refractivity contribution is 7.89. The fourth-order valence-corrected chi connectivity index (χ4v) is 3.90. The molecule has 1 saturated heterocycles. The molecule has 0 radical (unpaired) electrons. The van der Waals surface area contributed by atoms with Gasteiger partial charge in [-0.15, -0.1) is 0 Å². The van der Waals surface area contributed by atoms with Gasteiger partial charge in [0.2, 0.25) is 10.0 Å². The minimum absolute atomic E-state index is 0.0354. The summed E-state index contributed by atoms with van der Waals surface area (Å²) in [5.74, 6) is 0.226. The topological polar surface area (TPSA) is 55.6 Å². The highest BCUT2D eigenvalue weighted by Crippen LogP contribution is 2.33. The summed E-state index contributed by atoms with van der Waals surface area (Å²) >= 11 is 0. The van der Waals surface area contributed by atoms with E-state index in [9.17, 15) is 8.42 Å². The van der Waals surface area contributed by atoms with Crippen LogP contribution < -0.4 is 0 Å². The van der Waals surface area contributed by atoms with Crippen LogP contribution >= 0.6 is 0 Å². The van der Waals surface area contributed by atoms with E-state index in [1.807, 2.05) is 6.92 Å². The van der Waals surface area contributed by atoms with Crippen LogP contribution in [0, 0.1) is 0 Å². The van der Waals surface area contributed by atoms with Gasteiger partial charge in [0.05, 0.1) is 31.1 Å². The number of hydrogen-bond donors (Lipinski definition) is 0. The molecule has 5 nitrogen and oxygen atoms in total. The van der Waals surface area contributed by atoms with Crippen LogP contribution in [0.25, 0.3) is 0 Å². The van der Waals surface area contributed by atoms with Crippen LogP contribution in [0.1, 0.15) is 19.8 Å². The molecular formula is C10H21NO4S. The van der Waals surface area contributed by atoms with Crippen LogP contribution in [-0.2, 0) is 19.5 Å². The Hall–Kier alpha value is -0.170. The van der Waals surface area contributed by atoms with Crippen molar-refractivity contribution >= 4 is 10.0 Å². The third-order valence-electron chi connectivity index (χ3n) is 2.76. The highest BCUT2D eigenvalue weighted by Gasteiger charge is 2.54. The standard InChI is InChI=1S/C10H21NO4S/c1-4-5-6-16(12,13)11-9(7-14-2)10(11)8-15-3/h9-10H,4-8H2,1-3H3/t9-,10-/m1/s1. The summed E-state index contributed by atoms with van der Waals surface area (Å²) in [6, 6.07) is -0.0707. The highest BCUT2D eigenvalue weighted by atomic mass is 32.2. The zero-order valence-electron chi connectivity index (χ0n) is 10.2. The van der Waals surface area contributed by atoms with Crippen molar-refractivity contribution in [3.8, 4) is 0 Å². The van der Waals surface area contributed by atoms with E-state index >= 15 is 0 Å². The van der Waals surface area contributed by atoms with Crippen molar-refractivity contribution in [3.63, 3.8) is 0 Å². The Balaban J connectivity index is 2.58. The molecule has 0 bridgehead atoms. The molecule has 1 rings (SSSR count). The Bertz CT molecular complexity index is 292. The SMILES string of the molecule is CCCCS(=O)(=O)N1[C@H](COC)[C@H]1COC. The molecule has 1 aliphatic heterocycles. The van der Waals surface area contributed by atoms with Gasteiger partial charge in [-0.1, -0.05) is 13.3 Å². The summed E-state index contributed by atoms with van der Waals surface area (Å²) in [5.41, 5.74) is 0. The first kappa shape index (κ1) is 13.9. The average molecular weight is 251 g/mol. The maximum absolute atomic E-state index is 11.9. The van der Waals surface area contributed by atoms with Crippen molar-refractivity contribution < 1.29 is 17.9 Å². The van der Waals surface area contributed by atoms with E-state index in [-0.39, 0.29) is 17.8 Å². The van der Waals surface area contributed by atoms with Gasteiger partial charge >= 0.3 is 0 Å². The molecular weight excluding hydrogens is 230 g/mol. The number of hydrogen-bond acceptors (Lipinski definition) is 4. The predicted molar refractivity (Wildman–Crippen MR) is 61.9 cm³/mol. The van der Waals surface area contributed by atoms with E-state index in [4.69, 9.17) is 9.47 Å². The molecule has 1 fully saturated rings. The number of ether oxygens (including phenoxy) is 2. The van der Waals surface area contributed by atoms with Gasteiger partial charge in [0, 0.05) is 14.2 Å². The molecule has 0 N–H and O–H groups in total. The van der Waals surface area contributed by atoms with E-state index in [1.54, 1.807) is 14.2 Å². The summed E-state index contributed by atoms with van der Waals surface area (Å²) in [6.07, 6.45) is 1.59. The van der Waals surface area contributed by atoms with Gasteiger partial charge in [-0.25, -0.2) is 8.42 Å². The maximum atomic E-state index is 11.9. The monoisotopic (exact) mass is 251 g/mol. The smallest absolute Gasteiger partial charge is 0.214 e. The van der Waals surface area contributed by atoms with E-state index < -0.39 is 10.0 Å². The molecule has 6 heteroatoms. The third-order valence-corrected chi connectivity index (χ3v) is 4.75. The molecule has 96 valence electrons. The molecule has 16 heavy (non-hydrogen) atoms. The van der Waals surface area contributed by atoms with Crippen LogP contribution in [0.15, 0.2) is 0 Å². The lowest BCUT2D eigenvalue weighted by molar-refractivity contribution is 0.179. The molecule has 0 saturated carbocycles. The zero-order chi connectivity index (χ0) is 12.2. The van der Waals surface area contributed by atoms with Gasteiger partial charge < -0.3 is 9.47 Å². The van der Waals surface area contributed by atoms with E-state index in [0.29, 0.717) is 19.6 Å². The lowest BCUT2D eigenvalue weighted by Gasteiger charge is -2.05. The fraction of sp³-hybridized carbons (Fsp3) is 1.00. The van der Waals surface area contributed by atoms with Crippen LogP contribution in [0.4, 0.5) is 0 Å². The Kier molecular flexibility index (Phi) is 5.17. The second kappa shape index (κ2) is 5.95. The Labute approximate surface area is 97.8 Å². The van der Waals surface area contributed by atoms with Gasteiger partial charge in [0.1, 0.15) is 0 Å². The number of rotatable bonds is 8. The van der Waals surface area contributed by atoms with Crippen LogP contribution in [0.3, 0.4) is 0 Å². The molecule has 0 unspecified atom stereocenters. The largest absolute Gasteiger partial charge is 0.383 e. The van der Waals surface area contributed by atoms with Crippen molar-refractivity contribution in [2.45, 2.75) is 31.8 Å². The normalized spacial score (nSPS) is 29.3. The van der Waals surface area contributed by atoms with Crippen LogP contribution in [-0.4, -0.2) is 58.0 Å². The summed E-state index contributed by atoms with van der Waals surface area (Å²) in [5, 5.41) is 0. The molecule has 0 amide bonds. The molecule has 1 heterocycles. The van der Waals surface area contributed by atoms with Gasteiger partial charge in [-0.05, 0) is 6.42 Å². The van der Waals surface area contributed by atoms with E-state index in [0.717, 1.165) is 6.42 Å². The fourth-order valence-electron chi connectivity index (χ4n) is 1.86. The van der Waals surface area contributed by atoms with Gasteiger partial charge in [-0.3, -0.25) is 0 Å². The molecule has 1 aliphatic rings. The first-order valence-electron chi connectivity index (χ1n) is 5.57. The second-order valence-corrected chi connectivity index (χ2v) is 6.04. The Morgan fingerprint density at radius 2 is 1.62 bits per heavy atom. The second-order valence-electron chi connectivity index (χ2n) is 4.04. The van der Waals surface area contributed by atoms with Crippen molar-refractivity contribution in [1.29, 1.82) is 0 Å². The summed E-state index contributed by atoms with van der Waals surface area (Å²) in [6.45, 7) is 2.87. The predicted octanol–water partition coefficient (Wildman–Crippen LogP) is 0.462. The zero-order valence-corrected chi connectivity index (χ0v) is 11.0. The van der Waals surface area contributed by atoms with E-state index in [1.165, 1.54) is 4.31 Å². The molecule has 2 atom stereocenters. The quantitative estimate of drug-likeness (QED) is 0.588. The third kappa shape index (κ3) is 3.16. The summed E-state index contributed by atoms with van der Waals surface area (Å²) in [4.78, 5) is 0. The number of methoxy groups -OCH3 is 2. The maximum Gasteiger partial charge on any atom is 0.214 e. The van der Waals surface area contributed by atoms with Crippen LogP contribution in [0.2, 0.25) is 0 Å². The molecule has 0 aromatic carbocycles. The Morgan fingerprint density at radius 1 is 1.12 bits per heavy atom. The summed E-state index contributed by atoms with van der Waals surface area (Å²) in [7, 11) is 0.0461.